The van der Waals surface area contributed by atoms with Gasteiger partial charge in [-0.25, -0.2) is 0 Å². The predicted octanol–water partition coefficient (Wildman–Crippen LogP) is 3.43. The van der Waals surface area contributed by atoms with Gasteiger partial charge in [-0.1, -0.05) is 23.7 Å². The summed E-state index contributed by atoms with van der Waals surface area (Å²) in [6, 6.07) is 12.5. The number of halogens is 1. The van der Waals surface area contributed by atoms with Gasteiger partial charge >= 0.3 is 0 Å². The van der Waals surface area contributed by atoms with E-state index in [2.05, 4.69) is 10.4 Å². The molecule has 5 nitrogen and oxygen atoms in total. The van der Waals surface area contributed by atoms with Crippen molar-refractivity contribution in [2.75, 3.05) is 5.32 Å². The summed E-state index contributed by atoms with van der Waals surface area (Å²) < 4.78 is 6.75. The highest BCUT2D eigenvalue weighted by molar-refractivity contribution is 6.30. The Balaban J connectivity index is 1.68. The fourth-order valence-electron chi connectivity index (χ4n) is 1.92. The summed E-state index contributed by atoms with van der Waals surface area (Å²) in [5.41, 5.74) is 1.04. The summed E-state index contributed by atoms with van der Waals surface area (Å²) in [6.07, 6.45) is 3.24. The van der Waals surface area contributed by atoms with E-state index >= 15 is 0 Å². The highest BCUT2D eigenvalue weighted by Crippen LogP contribution is 2.13. The van der Waals surface area contributed by atoms with Gasteiger partial charge in [-0.15, -0.1) is 0 Å². The van der Waals surface area contributed by atoms with Crippen LogP contribution in [0.5, 0.6) is 0 Å². The molecular weight excluding hydrogens is 290 g/mol. The van der Waals surface area contributed by atoms with Gasteiger partial charge in [-0.05, 0) is 29.8 Å². The molecule has 0 aliphatic rings. The Morgan fingerprint density at radius 2 is 2.19 bits per heavy atom. The smallest absolute Gasteiger partial charge is 0.292 e. The maximum atomic E-state index is 11.8. The number of anilines is 1. The molecule has 0 radical (unpaired) electrons. The second-order valence-electron chi connectivity index (χ2n) is 4.46. The molecule has 0 aliphatic carbocycles. The fourth-order valence-corrected chi connectivity index (χ4v) is 2.14. The maximum absolute atomic E-state index is 11.8. The number of aromatic nitrogens is 2. The lowest BCUT2D eigenvalue weighted by Gasteiger charge is -2.02. The van der Waals surface area contributed by atoms with Crippen LogP contribution >= 0.6 is 11.6 Å². The Bertz CT molecular complexity index is 750. The molecule has 0 saturated heterocycles. The van der Waals surface area contributed by atoms with Gasteiger partial charge in [0.2, 0.25) is 0 Å². The molecule has 0 spiro atoms. The number of benzene rings is 1. The molecule has 0 atom stereocenters. The van der Waals surface area contributed by atoms with Gasteiger partial charge in [-0.3, -0.25) is 9.48 Å². The lowest BCUT2D eigenvalue weighted by Crippen LogP contribution is -2.12. The Kier molecular flexibility index (Phi) is 3.75. The van der Waals surface area contributed by atoms with E-state index in [9.17, 15) is 4.79 Å². The molecule has 1 aromatic carbocycles. The van der Waals surface area contributed by atoms with Crippen molar-refractivity contribution in [1.29, 1.82) is 0 Å². The van der Waals surface area contributed by atoms with Gasteiger partial charge in [-0.2, -0.15) is 5.10 Å². The molecule has 0 unspecified atom stereocenters. The topological polar surface area (TPSA) is 60.1 Å². The Morgan fingerprint density at radius 3 is 2.95 bits per heavy atom. The van der Waals surface area contributed by atoms with E-state index in [1.807, 2.05) is 24.3 Å². The van der Waals surface area contributed by atoms with Crippen LogP contribution in [0.15, 0.2) is 59.3 Å². The Hall–Kier alpha value is -2.53. The number of amides is 1. The molecule has 0 saturated carbocycles. The van der Waals surface area contributed by atoms with Gasteiger partial charge in [0.15, 0.2) is 11.6 Å². The van der Waals surface area contributed by atoms with Crippen molar-refractivity contribution in [2.24, 2.45) is 0 Å². The van der Waals surface area contributed by atoms with E-state index in [1.54, 1.807) is 29.1 Å². The lowest BCUT2D eigenvalue weighted by molar-refractivity contribution is 0.0996. The summed E-state index contributed by atoms with van der Waals surface area (Å²) in [5, 5.41) is 7.64. The number of carbonyl (C=O) groups excluding carboxylic acids is 1. The highest BCUT2D eigenvalue weighted by Gasteiger charge is 2.10. The van der Waals surface area contributed by atoms with E-state index < -0.39 is 0 Å². The minimum absolute atomic E-state index is 0.249. The average molecular weight is 302 g/mol. The van der Waals surface area contributed by atoms with Crippen LogP contribution in [0.25, 0.3) is 0 Å². The Labute approximate surface area is 126 Å². The summed E-state index contributed by atoms with van der Waals surface area (Å²) in [5.74, 6) is 0.394. The predicted molar refractivity (Wildman–Crippen MR) is 79.4 cm³/mol. The van der Waals surface area contributed by atoms with E-state index in [-0.39, 0.29) is 11.7 Å². The largest absolute Gasteiger partial charge is 0.459 e. The monoisotopic (exact) mass is 301 g/mol. The van der Waals surface area contributed by atoms with Crippen LogP contribution in [0, 0.1) is 0 Å². The summed E-state index contributed by atoms with van der Waals surface area (Å²) in [6.45, 7) is 0.581. The van der Waals surface area contributed by atoms with E-state index in [0.717, 1.165) is 5.56 Å². The van der Waals surface area contributed by atoms with Crippen molar-refractivity contribution in [3.8, 4) is 0 Å². The molecule has 3 aromatic rings. The molecule has 2 aromatic heterocycles. The van der Waals surface area contributed by atoms with Gasteiger partial charge in [0.05, 0.1) is 12.8 Å². The molecule has 106 valence electrons. The van der Waals surface area contributed by atoms with Crippen molar-refractivity contribution >= 4 is 23.3 Å². The minimum Gasteiger partial charge on any atom is -0.459 e. The van der Waals surface area contributed by atoms with E-state index in [1.165, 1.54) is 6.26 Å². The van der Waals surface area contributed by atoms with Crippen LogP contribution in [-0.2, 0) is 6.54 Å². The zero-order valence-electron chi connectivity index (χ0n) is 11.0. The van der Waals surface area contributed by atoms with Gasteiger partial charge in [0.1, 0.15) is 0 Å². The number of hydrogen-bond donors (Lipinski definition) is 1. The first-order chi connectivity index (χ1) is 10.2. The molecule has 1 amide bonds. The zero-order chi connectivity index (χ0) is 14.7. The molecule has 0 bridgehead atoms. The van der Waals surface area contributed by atoms with Crippen LogP contribution in [0.3, 0.4) is 0 Å². The highest BCUT2D eigenvalue weighted by atomic mass is 35.5. The molecular formula is C15H12ClN3O2. The second kappa shape index (κ2) is 5.85. The SMILES string of the molecule is O=C(Nc1ccn(Cc2cccc(Cl)c2)n1)c1ccco1. The Morgan fingerprint density at radius 1 is 1.29 bits per heavy atom. The molecule has 0 aliphatic heterocycles. The van der Waals surface area contributed by atoms with Gasteiger partial charge in [0.25, 0.3) is 5.91 Å². The number of nitrogens with zero attached hydrogens (tertiary/aromatic N) is 2. The molecule has 6 heteroatoms. The first-order valence-electron chi connectivity index (χ1n) is 6.33. The number of rotatable bonds is 4. The number of nitrogens with one attached hydrogen (secondary N) is 1. The molecule has 0 fully saturated rings. The number of hydrogen-bond acceptors (Lipinski definition) is 3. The molecule has 21 heavy (non-hydrogen) atoms. The van der Waals surface area contributed by atoms with Crippen molar-refractivity contribution < 1.29 is 9.21 Å². The standard InChI is InChI=1S/C15H12ClN3O2/c16-12-4-1-3-11(9-12)10-19-7-6-14(18-19)17-15(20)13-5-2-8-21-13/h1-9H,10H2,(H,17,18,20). The normalized spacial score (nSPS) is 10.5. The third-order valence-corrected chi connectivity index (χ3v) is 3.10. The number of furan rings is 1. The van der Waals surface area contributed by atoms with Gasteiger partial charge < -0.3 is 9.73 Å². The van der Waals surface area contributed by atoms with Gasteiger partial charge in [0, 0.05) is 17.3 Å². The zero-order valence-corrected chi connectivity index (χ0v) is 11.7. The first-order valence-corrected chi connectivity index (χ1v) is 6.71. The summed E-state index contributed by atoms with van der Waals surface area (Å²) in [7, 11) is 0. The van der Waals surface area contributed by atoms with Crippen LogP contribution in [-0.4, -0.2) is 15.7 Å². The molecule has 2 heterocycles. The molecule has 1 N–H and O–H groups in total. The summed E-state index contributed by atoms with van der Waals surface area (Å²) in [4.78, 5) is 11.8. The maximum Gasteiger partial charge on any atom is 0.292 e. The first kappa shape index (κ1) is 13.5. The minimum atomic E-state index is -0.326. The fraction of sp³-hybridized carbons (Fsp3) is 0.0667. The van der Waals surface area contributed by atoms with Crippen molar-refractivity contribution in [3.05, 3.63) is 71.3 Å². The van der Waals surface area contributed by atoms with Crippen LogP contribution in [0.1, 0.15) is 16.1 Å². The van der Waals surface area contributed by atoms with Crippen molar-refractivity contribution in [1.82, 2.24) is 9.78 Å². The number of carbonyl (C=O) groups is 1. The third-order valence-electron chi connectivity index (χ3n) is 2.86. The quantitative estimate of drug-likeness (QED) is 0.803. The second-order valence-corrected chi connectivity index (χ2v) is 4.90. The van der Waals surface area contributed by atoms with Crippen LogP contribution in [0.4, 0.5) is 5.82 Å². The third kappa shape index (κ3) is 3.32. The van der Waals surface area contributed by atoms with Crippen molar-refractivity contribution in [3.63, 3.8) is 0 Å². The average Bonchev–Trinajstić information content (AvgIpc) is 3.10. The van der Waals surface area contributed by atoms with Crippen LogP contribution < -0.4 is 5.32 Å². The van der Waals surface area contributed by atoms with Crippen molar-refractivity contribution in [2.45, 2.75) is 6.54 Å². The molecule has 3 rings (SSSR count). The van der Waals surface area contributed by atoms with E-state index in [0.29, 0.717) is 17.4 Å². The van der Waals surface area contributed by atoms with E-state index in [4.69, 9.17) is 16.0 Å². The lowest BCUT2D eigenvalue weighted by atomic mass is 10.2. The van der Waals surface area contributed by atoms with Crippen LogP contribution in [0.2, 0.25) is 5.02 Å². The summed E-state index contributed by atoms with van der Waals surface area (Å²) >= 11 is 5.95.